The highest BCUT2D eigenvalue weighted by Gasteiger charge is 2.14. The molecule has 0 radical (unpaired) electrons. The van der Waals surface area contributed by atoms with E-state index in [1.807, 2.05) is 0 Å². The molecule has 19 heavy (non-hydrogen) atoms. The van der Waals surface area contributed by atoms with E-state index in [1.54, 1.807) is 18.2 Å². The number of carbonyl (C=O) groups is 2. The van der Waals surface area contributed by atoms with Crippen LogP contribution in [0.25, 0.3) is 0 Å². The minimum Gasteiger partial charge on any atom is -0.465 e. The van der Waals surface area contributed by atoms with Gasteiger partial charge in [0.05, 0.1) is 18.2 Å². The van der Waals surface area contributed by atoms with Crippen LogP contribution in [-0.2, 0) is 15.9 Å². The van der Waals surface area contributed by atoms with Gasteiger partial charge in [-0.05, 0) is 30.2 Å². The van der Waals surface area contributed by atoms with Crippen molar-refractivity contribution in [3.8, 4) is 0 Å². The van der Waals surface area contributed by atoms with Gasteiger partial charge in [-0.25, -0.2) is 9.59 Å². The summed E-state index contributed by atoms with van der Waals surface area (Å²) in [5.74, 6) is -0.899. The lowest BCUT2D eigenvalue weighted by Gasteiger charge is -2.08. The van der Waals surface area contributed by atoms with Crippen LogP contribution in [0.4, 0.5) is 0 Å². The van der Waals surface area contributed by atoms with Crippen molar-refractivity contribution in [2.45, 2.75) is 6.42 Å². The van der Waals surface area contributed by atoms with Crippen LogP contribution in [0.5, 0.6) is 0 Å². The van der Waals surface area contributed by atoms with Crippen LogP contribution in [0, 0.1) is 0 Å². The van der Waals surface area contributed by atoms with Gasteiger partial charge in [-0.15, -0.1) is 6.58 Å². The smallest absolute Gasteiger partial charge is 0.338 e. The molecular weight excluding hydrogens is 244 g/mol. The molecule has 1 aromatic rings. The van der Waals surface area contributed by atoms with Gasteiger partial charge in [0.1, 0.15) is 6.61 Å². The van der Waals surface area contributed by atoms with Gasteiger partial charge >= 0.3 is 11.9 Å². The fraction of sp³-hybridized carbons (Fsp3) is 0.200. The number of rotatable bonds is 6. The quantitative estimate of drug-likeness (QED) is 0.582. The molecule has 0 unspecified atom stereocenters. The summed E-state index contributed by atoms with van der Waals surface area (Å²) in [5.41, 5.74) is 1.48. The van der Waals surface area contributed by atoms with E-state index in [1.165, 1.54) is 19.3 Å². The zero-order chi connectivity index (χ0) is 14.3. The van der Waals surface area contributed by atoms with Crippen molar-refractivity contribution >= 4 is 11.9 Å². The number of ether oxygens (including phenoxy) is 2. The van der Waals surface area contributed by atoms with E-state index in [0.717, 1.165) is 0 Å². The second kappa shape index (κ2) is 7.16. The number of esters is 2. The summed E-state index contributed by atoms with van der Waals surface area (Å²) >= 11 is 0. The van der Waals surface area contributed by atoms with Gasteiger partial charge in [0.15, 0.2) is 0 Å². The third-order valence-electron chi connectivity index (χ3n) is 2.44. The van der Waals surface area contributed by atoms with Gasteiger partial charge in [0.2, 0.25) is 0 Å². The van der Waals surface area contributed by atoms with Crippen LogP contribution in [-0.4, -0.2) is 25.7 Å². The summed E-state index contributed by atoms with van der Waals surface area (Å²) < 4.78 is 9.62. The Morgan fingerprint density at radius 3 is 2.53 bits per heavy atom. The Hall–Kier alpha value is -2.36. The van der Waals surface area contributed by atoms with Crippen molar-refractivity contribution in [3.63, 3.8) is 0 Å². The van der Waals surface area contributed by atoms with E-state index < -0.39 is 11.9 Å². The largest absolute Gasteiger partial charge is 0.465 e. The van der Waals surface area contributed by atoms with E-state index in [-0.39, 0.29) is 6.61 Å². The van der Waals surface area contributed by atoms with Gasteiger partial charge in [-0.1, -0.05) is 18.7 Å². The molecule has 0 heterocycles. The molecule has 1 rings (SSSR count). The van der Waals surface area contributed by atoms with Crippen molar-refractivity contribution in [1.82, 2.24) is 0 Å². The number of allylic oxidation sites excluding steroid dienone is 1. The summed E-state index contributed by atoms with van der Waals surface area (Å²) in [6, 6.07) is 4.69. The van der Waals surface area contributed by atoms with Gasteiger partial charge in [0.25, 0.3) is 0 Å². The predicted molar refractivity (Wildman–Crippen MR) is 72.2 cm³/mol. The Kier molecular flexibility index (Phi) is 5.54. The topological polar surface area (TPSA) is 52.6 Å². The molecule has 0 N–H and O–H groups in total. The first-order valence-electron chi connectivity index (χ1n) is 5.74. The van der Waals surface area contributed by atoms with Crippen molar-refractivity contribution in [2.24, 2.45) is 0 Å². The third kappa shape index (κ3) is 3.81. The van der Waals surface area contributed by atoms with E-state index in [9.17, 15) is 9.59 Å². The van der Waals surface area contributed by atoms with E-state index in [4.69, 9.17) is 4.74 Å². The maximum absolute atomic E-state index is 11.7. The highest BCUT2D eigenvalue weighted by molar-refractivity contribution is 5.94. The normalized spacial score (nSPS) is 9.53. The SMILES string of the molecule is C=CCOC(=O)c1ccc(C(=O)OC)c(CC=C)c1. The van der Waals surface area contributed by atoms with E-state index in [2.05, 4.69) is 17.9 Å². The minimum absolute atomic E-state index is 0.147. The molecule has 0 amide bonds. The van der Waals surface area contributed by atoms with Gasteiger partial charge in [-0.3, -0.25) is 0 Å². The molecule has 1 aromatic carbocycles. The maximum Gasteiger partial charge on any atom is 0.338 e. The first-order valence-corrected chi connectivity index (χ1v) is 5.74. The molecule has 0 aliphatic heterocycles. The van der Waals surface area contributed by atoms with Crippen LogP contribution in [0.3, 0.4) is 0 Å². The molecule has 0 aromatic heterocycles. The zero-order valence-corrected chi connectivity index (χ0v) is 10.8. The first kappa shape index (κ1) is 14.7. The fourth-order valence-corrected chi connectivity index (χ4v) is 1.57. The summed E-state index contributed by atoms with van der Waals surface area (Å²) in [6.07, 6.45) is 3.61. The number of hydrogen-bond acceptors (Lipinski definition) is 4. The summed E-state index contributed by atoms with van der Waals surface area (Å²) in [6.45, 7) is 7.24. The van der Waals surface area contributed by atoms with Crippen LogP contribution in [0.1, 0.15) is 26.3 Å². The standard InChI is InChI=1S/C15H16O4/c1-4-6-11-10-12(14(16)19-9-5-2)7-8-13(11)15(17)18-3/h4-5,7-8,10H,1-2,6,9H2,3H3. The lowest BCUT2D eigenvalue weighted by Crippen LogP contribution is -2.10. The Labute approximate surface area is 112 Å². The van der Waals surface area contributed by atoms with E-state index in [0.29, 0.717) is 23.1 Å². The molecule has 0 aliphatic carbocycles. The molecule has 0 spiro atoms. The molecule has 100 valence electrons. The highest BCUT2D eigenvalue weighted by atomic mass is 16.5. The first-order chi connectivity index (χ1) is 9.13. The molecule has 4 heteroatoms. The Morgan fingerprint density at radius 2 is 1.95 bits per heavy atom. The lowest BCUT2D eigenvalue weighted by atomic mass is 10.0. The Bertz CT molecular complexity index is 503. The van der Waals surface area contributed by atoms with Crippen LogP contribution < -0.4 is 0 Å². The summed E-state index contributed by atoms with van der Waals surface area (Å²) in [5, 5.41) is 0. The second-order valence-electron chi connectivity index (χ2n) is 3.74. The molecule has 0 saturated heterocycles. The molecule has 0 bridgehead atoms. The Morgan fingerprint density at radius 1 is 1.21 bits per heavy atom. The summed E-state index contributed by atoms with van der Waals surface area (Å²) in [7, 11) is 1.31. The summed E-state index contributed by atoms with van der Waals surface area (Å²) in [4.78, 5) is 23.3. The second-order valence-corrected chi connectivity index (χ2v) is 3.74. The molecular formula is C15H16O4. The van der Waals surface area contributed by atoms with Crippen LogP contribution in [0.2, 0.25) is 0 Å². The van der Waals surface area contributed by atoms with Gasteiger partial charge in [0, 0.05) is 0 Å². The Balaban J connectivity index is 3.07. The highest BCUT2D eigenvalue weighted by Crippen LogP contribution is 2.15. The maximum atomic E-state index is 11.7. The van der Waals surface area contributed by atoms with Crippen molar-refractivity contribution in [2.75, 3.05) is 13.7 Å². The lowest BCUT2D eigenvalue weighted by molar-refractivity contribution is 0.0545. The number of carbonyl (C=O) groups excluding carboxylic acids is 2. The number of methoxy groups -OCH3 is 1. The van der Waals surface area contributed by atoms with Gasteiger partial charge in [-0.2, -0.15) is 0 Å². The number of hydrogen-bond donors (Lipinski definition) is 0. The van der Waals surface area contributed by atoms with Crippen LogP contribution >= 0.6 is 0 Å². The van der Waals surface area contributed by atoms with Crippen molar-refractivity contribution in [1.29, 1.82) is 0 Å². The monoisotopic (exact) mass is 260 g/mol. The molecule has 4 nitrogen and oxygen atoms in total. The van der Waals surface area contributed by atoms with E-state index >= 15 is 0 Å². The average molecular weight is 260 g/mol. The average Bonchev–Trinajstić information content (AvgIpc) is 2.44. The molecule has 0 saturated carbocycles. The minimum atomic E-state index is -0.457. The third-order valence-corrected chi connectivity index (χ3v) is 2.44. The fourth-order valence-electron chi connectivity index (χ4n) is 1.57. The zero-order valence-electron chi connectivity index (χ0n) is 10.8. The molecule has 0 atom stereocenters. The van der Waals surface area contributed by atoms with Crippen LogP contribution in [0.15, 0.2) is 43.5 Å². The van der Waals surface area contributed by atoms with Crippen molar-refractivity contribution < 1.29 is 19.1 Å². The number of benzene rings is 1. The van der Waals surface area contributed by atoms with Crippen molar-refractivity contribution in [3.05, 3.63) is 60.2 Å². The van der Waals surface area contributed by atoms with Gasteiger partial charge < -0.3 is 9.47 Å². The molecule has 0 aliphatic rings. The molecule has 0 fully saturated rings. The predicted octanol–water partition coefficient (Wildman–Crippen LogP) is 2.54.